The van der Waals surface area contributed by atoms with Crippen molar-refractivity contribution in [3.8, 4) is 6.07 Å². The molecule has 140 valence electrons. The molecule has 0 aliphatic carbocycles. The first kappa shape index (κ1) is 20.4. The standard InChI is InChI=1S/C20H21ClN4O2/c1-13-5-4-6-17(14(13)2)23-19(26)11-25(3)12-20(27)24-18-9-16(21)8-7-15(18)10-22/h4-9H,11-12H2,1-3H3,(H,23,26)(H,24,27). The summed E-state index contributed by atoms with van der Waals surface area (Å²) in [6.07, 6.45) is 0. The number of likely N-dealkylation sites (N-methyl/N-ethyl adjacent to an activating group) is 1. The molecule has 2 rings (SSSR count). The maximum Gasteiger partial charge on any atom is 0.238 e. The van der Waals surface area contributed by atoms with Gasteiger partial charge in [-0.25, -0.2) is 0 Å². The molecule has 6 nitrogen and oxygen atoms in total. The number of anilines is 2. The zero-order chi connectivity index (χ0) is 20.0. The molecule has 2 amide bonds. The van der Waals surface area contributed by atoms with Crippen molar-refractivity contribution in [2.24, 2.45) is 0 Å². The van der Waals surface area contributed by atoms with E-state index in [-0.39, 0.29) is 24.9 Å². The summed E-state index contributed by atoms with van der Waals surface area (Å²) in [4.78, 5) is 26.0. The first-order valence-corrected chi connectivity index (χ1v) is 8.72. The van der Waals surface area contributed by atoms with Gasteiger partial charge in [-0.15, -0.1) is 0 Å². The van der Waals surface area contributed by atoms with Crippen molar-refractivity contribution in [1.82, 2.24) is 4.90 Å². The summed E-state index contributed by atoms with van der Waals surface area (Å²) < 4.78 is 0. The molecular weight excluding hydrogens is 364 g/mol. The topological polar surface area (TPSA) is 85.2 Å². The molecule has 0 spiro atoms. The van der Waals surface area contributed by atoms with Crippen LogP contribution in [0.25, 0.3) is 0 Å². The summed E-state index contributed by atoms with van der Waals surface area (Å²) in [5, 5.41) is 15.0. The van der Waals surface area contributed by atoms with E-state index in [1.807, 2.05) is 38.1 Å². The third kappa shape index (κ3) is 5.81. The number of rotatable bonds is 6. The minimum absolute atomic E-state index is 0.00238. The second-order valence-corrected chi connectivity index (χ2v) is 6.75. The molecular formula is C20H21ClN4O2. The highest BCUT2D eigenvalue weighted by Crippen LogP contribution is 2.20. The van der Waals surface area contributed by atoms with Crippen LogP contribution in [0.15, 0.2) is 36.4 Å². The Morgan fingerprint density at radius 3 is 2.33 bits per heavy atom. The number of nitriles is 1. The van der Waals surface area contributed by atoms with E-state index in [1.54, 1.807) is 24.1 Å². The zero-order valence-corrected chi connectivity index (χ0v) is 16.2. The quantitative estimate of drug-likeness (QED) is 0.799. The largest absolute Gasteiger partial charge is 0.325 e. The molecule has 7 heteroatoms. The van der Waals surface area contributed by atoms with E-state index in [9.17, 15) is 9.59 Å². The fourth-order valence-electron chi connectivity index (χ4n) is 2.53. The van der Waals surface area contributed by atoms with Gasteiger partial charge >= 0.3 is 0 Å². The van der Waals surface area contributed by atoms with Crippen molar-refractivity contribution in [1.29, 1.82) is 5.26 Å². The van der Waals surface area contributed by atoms with Gasteiger partial charge < -0.3 is 10.6 Å². The van der Waals surface area contributed by atoms with E-state index in [1.165, 1.54) is 6.07 Å². The van der Waals surface area contributed by atoms with Crippen LogP contribution < -0.4 is 10.6 Å². The van der Waals surface area contributed by atoms with E-state index < -0.39 is 0 Å². The molecule has 0 fully saturated rings. The van der Waals surface area contributed by atoms with Crippen molar-refractivity contribution in [3.05, 3.63) is 58.1 Å². The van der Waals surface area contributed by atoms with Gasteiger partial charge in [0.25, 0.3) is 0 Å². The van der Waals surface area contributed by atoms with Crippen LogP contribution in [-0.2, 0) is 9.59 Å². The maximum atomic E-state index is 12.2. The van der Waals surface area contributed by atoms with Crippen LogP contribution in [0.1, 0.15) is 16.7 Å². The Morgan fingerprint density at radius 2 is 1.70 bits per heavy atom. The summed E-state index contributed by atoms with van der Waals surface area (Å²) >= 11 is 5.91. The molecule has 0 radical (unpaired) electrons. The van der Waals surface area contributed by atoms with Crippen LogP contribution in [-0.4, -0.2) is 36.9 Å². The van der Waals surface area contributed by atoms with Crippen molar-refractivity contribution < 1.29 is 9.59 Å². The fraction of sp³-hybridized carbons (Fsp3) is 0.250. The van der Waals surface area contributed by atoms with Gasteiger partial charge in [0.15, 0.2) is 0 Å². The molecule has 2 N–H and O–H groups in total. The van der Waals surface area contributed by atoms with Crippen LogP contribution in [0.2, 0.25) is 5.02 Å². The van der Waals surface area contributed by atoms with E-state index in [4.69, 9.17) is 16.9 Å². The number of halogens is 1. The average molecular weight is 385 g/mol. The predicted molar refractivity (Wildman–Crippen MR) is 107 cm³/mol. The highest BCUT2D eigenvalue weighted by Gasteiger charge is 2.13. The van der Waals surface area contributed by atoms with Crippen molar-refractivity contribution in [3.63, 3.8) is 0 Å². The molecule has 0 aliphatic rings. The highest BCUT2D eigenvalue weighted by molar-refractivity contribution is 6.31. The maximum absolute atomic E-state index is 12.2. The molecule has 0 bridgehead atoms. The molecule has 2 aromatic carbocycles. The number of carbonyl (C=O) groups is 2. The molecule has 0 aromatic heterocycles. The number of nitrogens with zero attached hydrogens (tertiary/aromatic N) is 2. The summed E-state index contributed by atoms with van der Waals surface area (Å²) in [5.41, 5.74) is 3.54. The van der Waals surface area contributed by atoms with Gasteiger partial charge in [0.1, 0.15) is 6.07 Å². The number of amides is 2. The number of hydrogen-bond donors (Lipinski definition) is 2. The third-order valence-electron chi connectivity index (χ3n) is 4.08. The molecule has 0 atom stereocenters. The lowest BCUT2D eigenvalue weighted by atomic mass is 10.1. The minimum Gasteiger partial charge on any atom is -0.325 e. The smallest absolute Gasteiger partial charge is 0.238 e. The van der Waals surface area contributed by atoms with Gasteiger partial charge in [0.2, 0.25) is 11.8 Å². The van der Waals surface area contributed by atoms with Gasteiger partial charge in [0.05, 0.1) is 24.3 Å². The summed E-state index contributed by atoms with van der Waals surface area (Å²) in [7, 11) is 1.67. The number of nitrogens with one attached hydrogen (secondary N) is 2. The Kier molecular flexibility index (Phi) is 6.94. The first-order valence-electron chi connectivity index (χ1n) is 8.34. The van der Waals surface area contributed by atoms with Gasteiger partial charge in [-0.3, -0.25) is 14.5 Å². The Bertz CT molecular complexity index is 905. The molecule has 2 aromatic rings. The van der Waals surface area contributed by atoms with Crippen LogP contribution in [0.4, 0.5) is 11.4 Å². The lowest BCUT2D eigenvalue weighted by molar-refractivity contribution is -0.119. The van der Waals surface area contributed by atoms with Crippen molar-refractivity contribution in [2.75, 3.05) is 30.8 Å². The van der Waals surface area contributed by atoms with Gasteiger partial charge in [-0.05, 0) is 56.3 Å². The van der Waals surface area contributed by atoms with Crippen LogP contribution in [0, 0.1) is 25.2 Å². The van der Waals surface area contributed by atoms with Gasteiger partial charge in [-0.1, -0.05) is 23.7 Å². The first-order chi connectivity index (χ1) is 12.8. The van der Waals surface area contributed by atoms with E-state index in [0.29, 0.717) is 16.3 Å². The van der Waals surface area contributed by atoms with Crippen molar-refractivity contribution >= 4 is 34.8 Å². The second kappa shape index (κ2) is 9.17. The monoisotopic (exact) mass is 384 g/mol. The molecule has 0 unspecified atom stereocenters. The highest BCUT2D eigenvalue weighted by atomic mass is 35.5. The van der Waals surface area contributed by atoms with E-state index in [0.717, 1.165) is 16.8 Å². The Balaban J connectivity index is 1.91. The summed E-state index contributed by atoms with van der Waals surface area (Å²) in [6, 6.07) is 12.3. The SMILES string of the molecule is Cc1cccc(NC(=O)CN(C)CC(=O)Nc2cc(Cl)ccc2C#N)c1C. The van der Waals surface area contributed by atoms with Crippen LogP contribution >= 0.6 is 11.6 Å². The second-order valence-electron chi connectivity index (χ2n) is 6.32. The summed E-state index contributed by atoms with van der Waals surface area (Å²) in [6.45, 7) is 3.98. The number of hydrogen-bond acceptors (Lipinski definition) is 4. The third-order valence-corrected chi connectivity index (χ3v) is 4.32. The molecule has 0 saturated heterocycles. The van der Waals surface area contributed by atoms with Crippen molar-refractivity contribution in [2.45, 2.75) is 13.8 Å². The molecule has 27 heavy (non-hydrogen) atoms. The Morgan fingerprint density at radius 1 is 1.07 bits per heavy atom. The Hall–Kier alpha value is -2.88. The number of aryl methyl sites for hydroxylation is 1. The van der Waals surface area contributed by atoms with E-state index >= 15 is 0 Å². The fourth-order valence-corrected chi connectivity index (χ4v) is 2.70. The predicted octanol–water partition coefficient (Wildman–Crippen LogP) is 3.34. The van der Waals surface area contributed by atoms with Gasteiger partial charge in [-0.2, -0.15) is 5.26 Å². The molecule has 0 aliphatic heterocycles. The Labute approximate surface area is 163 Å². The van der Waals surface area contributed by atoms with Crippen LogP contribution in [0.3, 0.4) is 0 Å². The summed E-state index contributed by atoms with van der Waals surface area (Å²) in [5.74, 6) is -0.546. The van der Waals surface area contributed by atoms with E-state index in [2.05, 4.69) is 10.6 Å². The average Bonchev–Trinajstić information content (AvgIpc) is 2.58. The molecule has 0 heterocycles. The number of benzene rings is 2. The minimum atomic E-state index is -0.337. The normalized spacial score (nSPS) is 10.4. The number of carbonyl (C=O) groups excluding carboxylic acids is 2. The lowest BCUT2D eigenvalue weighted by Gasteiger charge is -2.17. The zero-order valence-electron chi connectivity index (χ0n) is 15.5. The lowest BCUT2D eigenvalue weighted by Crippen LogP contribution is -2.36. The van der Waals surface area contributed by atoms with Crippen LogP contribution in [0.5, 0.6) is 0 Å². The molecule has 0 saturated carbocycles. The van der Waals surface area contributed by atoms with Gasteiger partial charge in [0, 0.05) is 10.7 Å².